The first kappa shape index (κ1) is 13.9. The largest absolute Gasteiger partial charge is 0.453 e. The number of thiocarbonyl (C=S) groups is 1. The molecule has 6 heteroatoms. The van der Waals surface area contributed by atoms with Crippen molar-refractivity contribution >= 4 is 33.1 Å². The Morgan fingerprint density at radius 3 is 2.53 bits per heavy atom. The second-order valence-corrected chi connectivity index (χ2v) is 4.96. The Bertz CT molecular complexity index is 649. The maximum absolute atomic E-state index is 13.5. The Labute approximate surface area is 122 Å². The highest BCUT2D eigenvalue weighted by Gasteiger charge is 2.12. The van der Waals surface area contributed by atoms with Crippen LogP contribution in [0.1, 0.15) is 5.56 Å². The van der Waals surface area contributed by atoms with E-state index < -0.39 is 11.6 Å². The molecule has 0 amide bonds. The van der Waals surface area contributed by atoms with Gasteiger partial charge in [0.05, 0.1) is 4.47 Å². The Morgan fingerprint density at radius 1 is 1.16 bits per heavy atom. The van der Waals surface area contributed by atoms with Crippen LogP contribution < -0.4 is 10.5 Å². The van der Waals surface area contributed by atoms with E-state index in [2.05, 4.69) is 15.9 Å². The van der Waals surface area contributed by atoms with Crippen molar-refractivity contribution < 1.29 is 13.5 Å². The third-order valence-electron chi connectivity index (χ3n) is 2.35. The molecule has 0 aliphatic heterocycles. The minimum absolute atomic E-state index is 0.191. The Balaban J connectivity index is 2.34. The summed E-state index contributed by atoms with van der Waals surface area (Å²) in [7, 11) is 0. The molecule has 0 bridgehead atoms. The van der Waals surface area contributed by atoms with Crippen LogP contribution in [-0.4, -0.2) is 4.99 Å². The van der Waals surface area contributed by atoms with E-state index in [4.69, 9.17) is 22.7 Å². The molecular formula is C13H8BrF2NOS. The Kier molecular flexibility index (Phi) is 4.11. The van der Waals surface area contributed by atoms with E-state index in [9.17, 15) is 8.78 Å². The van der Waals surface area contributed by atoms with Gasteiger partial charge >= 0.3 is 0 Å². The number of ether oxygens (including phenoxy) is 1. The lowest BCUT2D eigenvalue weighted by Gasteiger charge is -2.10. The highest BCUT2D eigenvalue weighted by atomic mass is 79.9. The molecule has 0 aliphatic rings. The summed E-state index contributed by atoms with van der Waals surface area (Å²) < 4.78 is 32.4. The van der Waals surface area contributed by atoms with E-state index in [1.165, 1.54) is 12.1 Å². The van der Waals surface area contributed by atoms with Crippen LogP contribution in [-0.2, 0) is 0 Å². The van der Waals surface area contributed by atoms with Crippen LogP contribution in [0.3, 0.4) is 0 Å². The number of rotatable bonds is 3. The van der Waals surface area contributed by atoms with Crippen molar-refractivity contribution in [3.05, 3.63) is 58.1 Å². The molecule has 0 saturated carbocycles. The molecule has 2 aromatic rings. The van der Waals surface area contributed by atoms with Crippen molar-refractivity contribution in [3.8, 4) is 11.5 Å². The van der Waals surface area contributed by atoms with Crippen molar-refractivity contribution in [1.82, 2.24) is 0 Å². The highest BCUT2D eigenvalue weighted by molar-refractivity contribution is 9.10. The van der Waals surface area contributed by atoms with Crippen LogP contribution in [0.5, 0.6) is 11.5 Å². The second-order valence-electron chi connectivity index (χ2n) is 3.66. The SMILES string of the molecule is NC(=S)c1ccc(Oc2cccc(F)c2F)c(Br)c1. The third-order valence-corrected chi connectivity index (χ3v) is 3.21. The summed E-state index contributed by atoms with van der Waals surface area (Å²) in [5.74, 6) is -1.85. The fourth-order valence-electron chi connectivity index (χ4n) is 1.42. The zero-order chi connectivity index (χ0) is 14.0. The summed E-state index contributed by atoms with van der Waals surface area (Å²) in [5.41, 5.74) is 6.14. The summed E-state index contributed by atoms with van der Waals surface area (Å²) >= 11 is 8.10. The first-order chi connectivity index (χ1) is 8.99. The van der Waals surface area contributed by atoms with Gasteiger partial charge in [0.15, 0.2) is 11.6 Å². The van der Waals surface area contributed by atoms with Crippen molar-refractivity contribution in [1.29, 1.82) is 0 Å². The average molecular weight is 344 g/mol. The molecule has 98 valence electrons. The Hall–Kier alpha value is -1.53. The van der Waals surface area contributed by atoms with E-state index in [1.54, 1.807) is 18.2 Å². The standard InChI is InChI=1S/C13H8BrF2NOS/c14-8-6-7(13(17)19)4-5-10(8)18-11-3-1-2-9(15)12(11)16/h1-6H,(H2,17,19). The second kappa shape index (κ2) is 5.63. The fraction of sp³-hybridized carbons (Fsp3) is 0. The molecule has 2 rings (SSSR count). The molecule has 0 unspecified atom stereocenters. The van der Waals surface area contributed by atoms with Gasteiger partial charge in [0.25, 0.3) is 0 Å². The van der Waals surface area contributed by atoms with Gasteiger partial charge in [-0.3, -0.25) is 0 Å². The number of hydrogen-bond donors (Lipinski definition) is 1. The smallest absolute Gasteiger partial charge is 0.201 e. The summed E-state index contributed by atoms with van der Waals surface area (Å²) in [6, 6.07) is 8.59. The number of benzene rings is 2. The summed E-state index contributed by atoms with van der Waals surface area (Å²) in [4.78, 5) is 0.240. The lowest BCUT2D eigenvalue weighted by molar-refractivity contribution is 0.414. The molecule has 19 heavy (non-hydrogen) atoms. The molecule has 0 fully saturated rings. The van der Waals surface area contributed by atoms with Crippen LogP contribution in [0.4, 0.5) is 8.78 Å². The van der Waals surface area contributed by atoms with Gasteiger partial charge in [-0.05, 0) is 46.3 Å². The van der Waals surface area contributed by atoms with E-state index in [-0.39, 0.29) is 10.7 Å². The number of nitrogens with two attached hydrogens (primary N) is 1. The molecule has 0 aliphatic carbocycles. The van der Waals surface area contributed by atoms with Gasteiger partial charge in [-0.1, -0.05) is 18.3 Å². The van der Waals surface area contributed by atoms with Crippen molar-refractivity contribution in [2.45, 2.75) is 0 Å². The predicted octanol–water partition coefficient (Wildman–Crippen LogP) is 4.15. The minimum atomic E-state index is -1.03. The normalized spacial score (nSPS) is 10.3. The molecule has 2 N–H and O–H groups in total. The van der Waals surface area contributed by atoms with E-state index in [0.29, 0.717) is 15.8 Å². The molecule has 0 radical (unpaired) electrons. The first-order valence-electron chi connectivity index (χ1n) is 5.20. The third kappa shape index (κ3) is 3.08. The number of hydrogen-bond acceptors (Lipinski definition) is 2. The maximum atomic E-state index is 13.5. The highest BCUT2D eigenvalue weighted by Crippen LogP contribution is 2.32. The van der Waals surface area contributed by atoms with Gasteiger partial charge in [-0.2, -0.15) is 4.39 Å². The van der Waals surface area contributed by atoms with Crippen LogP contribution in [0, 0.1) is 11.6 Å². The van der Waals surface area contributed by atoms with E-state index in [0.717, 1.165) is 6.07 Å². The zero-order valence-corrected chi connectivity index (χ0v) is 11.9. The number of halogens is 3. The lowest BCUT2D eigenvalue weighted by atomic mass is 10.2. The molecule has 2 aromatic carbocycles. The molecule has 0 atom stereocenters. The van der Waals surface area contributed by atoms with Crippen LogP contribution in [0.15, 0.2) is 40.9 Å². The van der Waals surface area contributed by atoms with E-state index in [1.807, 2.05) is 0 Å². The quantitative estimate of drug-likeness (QED) is 0.850. The lowest BCUT2D eigenvalue weighted by Crippen LogP contribution is -2.09. The van der Waals surface area contributed by atoms with Gasteiger partial charge in [-0.25, -0.2) is 4.39 Å². The molecule has 0 saturated heterocycles. The fourth-order valence-corrected chi connectivity index (χ4v) is 2.00. The van der Waals surface area contributed by atoms with E-state index >= 15 is 0 Å². The van der Waals surface area contributed by atoms with Crippen LogP contribution in [0.25, 0.3) is 0 Å². The maximum Gasteiger partial charge on any atom is 0.201 e. The van der Waals surface area contributed by atoms with Crippen molar-refractivity contribution in [3.63, 3.8) is 0 Å². The minimum Gasteiger partial charge on any atom is -0.453 e. The molecule has 0 aromatic heterocycles. The van der Waals surface area contributed by atoms with Crippen LogP contribution >= 0.6 is 28.1 Å². The molecule has 0 spiro atoms. The summed E-state index contributed by atoms with van der Waals surface area (Å²) in [6.07, 6.45) is 0. The van der Waals surface area contributed by atoms with Gasteiger partial charge in [0.1, 0.15) is 10.7 Å². The topological polar surface area (TPSA) is 35.2 Å². The van der Waals surface area contributed by atoms with Gasteiger partial charge < -0.3 is 10.5 Å². The zero-order valence-electron chi connectivity index (χ0n) is 9.49. The van der Waals surface area contributed by atoms with Gasteiger partial charge in [-0.15, -0.1) is 0 Å². The summed E-state index contributed by atoms with van der Waals surface area (Å²) in [6.45, 7) is 0. The van der Waals surface area contributed by atoms with Crippen LogP contribution in [0.2, 0.25) is 0 Å². The average Bonchev–Trinajstić information content (AvgIpc) is 2.37. The Morgan fingerprint density at radius 2 is 1.89 bits per heavy atom. The molecule has 2 nitrogen and oxygen atoms in total. The van der Waals surface area contributed by atoms with Gasteiger partial charge in [0, 0.05) is 5.56 Å². The summed E-state index contributed by atoms with van der Waals surface area (Å²) in [5, 5.41) is 0. The van der Waals surface area contributed by atoms with Crippen molar-refractivity contribution in [2.75, 3.05) is 0 Å². The first-order valence-corrected chi connectivity index (χ1v) is 6.40. The monoisotopic (exact) mass is 343 g/mol. The molecule has 0 heterocycles. The van der Waals surface area contributed by atoms with Crippen molar-refractivity contribution in [2.24, 2.45) is 5.73 Å². The molecular weight excluding hydrogens is 336 g/mol. The predicted molar refractivity (Wildman–Crippen MR) is 76.5 cm³/mol. The van der Waals surface area contributed by atoms with Gasteiger partial charge in [0.2, 0.25) is 5.82 Å².